The summed E-state index contributed by atoms with van der Waals surface area (Å²) in [6, 6.07) is 8.10. The number of anilines is 1. The van der Waals surface area contributed by atoms with E-state index >= 15 is 0 Å². The lowest BCUT2D eigenvalue weighted by Gasteiger charge is -2.22. The fraction of sp³-hybridized carbons (Fsp3) is 0.462. The van der Waals surface area contributed by atoms with Gasteiger partial charge in [-0.2, -0.15) is 0 Å². The van der Waals surface area contributed by atoms with Crippen LogP contribution in [0.5, 0.6) is 0 Å². The van der Waals surface area contributed by atoms with Crippen LogP contribution in [0, 0.1) is 0 Å². The molecule has 0 aliphatic heterocycles. The minimum Gasteiger partial charge on any atom is -0.481 e. The van der Waals surface area contributed by atoms with Crippen LogP contribution in [0.1, 0.15) is 24.8 Å². The van der Waals surface area contributed by atoms with Gasteiger partial charge in [-0.15, -0.1) is 0 Å². The summed E-state index contributed by atoms with van der Waals surface area (Å²) in [7, 11) is 3.99. The van der Waals surface area contributed by atoms with E-state index < -0.39 is 5.97 Å². The Hall–Kier alpha value is -1.51. The van der Waals surface area contributed by atoms with Crippen molar-refractivity contribution in [2.24, 2.45) is 0 Å². The Labute approximate surface area is 95.7 Å². The zero-order chi connectivity index (χ0) is 11.8. The molecule has 0 spiro atoms. The molecule has 1 saturated carbocycles. The second kappa shape index (κ2) is 3.81. The van der Waals surface area contributed by atoms with Crippen LogP contribution in [-0.4, -0.2) is 25.2 Å². The summed E-state index contributed by atoms with van der Waals surface area (Å²) in [6.07, 6.45) is 2.23. The van der Waals surface area contributed by atoms with E-state index in [2.05, 4.69) is 17.0 Å². The summed E-state index contributed by atoms with van der Waals surface area (Å²) in [4.78, 5) is 12.9. The van der Waals surface area contributed by atoms with E-state index in [0.717, 1.165) is 18.5 Å². The maximum absolute atomic E-state index is 10.9. The lowest BCUT2D eigenvalue weighted by Crippen LogP contribution is -2.18. The number of nitrogens with zero attached hydrogens (tertiary/aromatic N) is 1. The zero-order valence-electron chi connectivity index (χ0n) is 9.73. The molecular weight excluding hydrogens is 202 g/mol. The van der Waals surface area contributed by atoms with Gasteiger partial charge in [0, 0.05) is 25.2 Å². The lowest BCUT2D eigenvalue weighted by molar-refractivity contribution is -0.137. The number of hydrogen-bond donors (Lipinski definition) is 1. The SMILES string of the molecule is CN(C)c1ccccc1C1(CC(=O)O)CC1. The van der Waals surface area contributed by atoms with Gasteiger partial charge in [-0.1, -0.05) is 18.2 Å². The molecule has 1 N–H and O–H groups in total. The first-order chi connectivity index (χ1) is 7.55. The molecule has 1 aliphatic carbocycles. The smallest absolute Gasteiger partial charge is 0.304 e. The molecule has 0 amide bonds. The third-order valence-electron chi connectivity index (χ3n) is 3.30. The molecule has 0 aromatic heterocycles. The molecule has 0 atom stereocenters. The van der Waals surface area contributed by atoms with E-state index in [4.69, 9.17) is 5.11 Å². The highest BCUT2D eigenvalue weighted by Crippen LogP contribution is 2.53. The minimum atomic E-state index is -0.703. The van der Waals surface area contributed by atoms with Crippen molar-refractivity contribution >= 4 is 11.7 Å². The largest absolute Gasteiger partial charge is 0.481 e. The number of hydrogen-bond acceptors (Lipinski definition) is 2. The van der Waals surface area contributed by atoms with E-state index in [-0.39, 0.29) is 11.8 Å². The zero-order valence-corrected chi connectivity index (χ0v) is 9.73. The Balaban J connectivity index is 2.36. The Kier molecular flexibility index (Phi) is 2.62. The van der Waals surface area contributed by atoms with Gasteiger partial charge in [-0.3, -0.25) is 4.79 Å². The van der Waals surface area contributed by atoms with Gasteiger partial charge >= 0.3 is 5.97 Å². The summed E-state index contributed by atoms with van der Waals surface area (Å²) in [5, 5.41) is 8.97. The third kappa shape index (κ3) is 1.90. The first-order valence-corrected chi connectivity index (χ1v) is 5.54. The van der Waals surface area contributed by atoms with Crippen molar-refractivity contribution in [2.75, 3.05) is 19.0 Å². The van der Waals surface area contributed by atoms with Gasteiger partial charge in [0.2, 0.25) is 0 Å². The van der Waals surface area contributed by atoms with Gasteiger partial charge < -0.3 is 10.0 Å². The van der Waals surface area contributed by atoms with Crippen molar-refractivity contribution in [2.45, 2.75) is 24.7 Å². The molecule has 0 bridgehead atoms. The molecule has 0 unspecified atom stereocenters. The van der Waals surface area contributed by atoms with Crippen molar-refractivity contribution in [3.8, 4) is 0 Å². The fourth-order valence-corrected chi connectivity index (χ4v) is 2.29. The molecule has 3 heteroatoms. The van der Waals surface area contributed by atoms with E-state index in [1.165, 1.54) is 5.56 Å². The molecule has 1 fully saturated rings. The number of para-hydroxylation sites is 1. The van der Waals surface area contributed by atoms with Crippen LogP contribution in [0.2, 0.25) is 0 Å². The summed E-state index contributed by atoms with van der Waals surface area (Å²) >= 11 is 0. The van der Waals surface area contributed by atoms with Crippen molar-refractivity contribution in [1.29, 1.82) is 0 Å². The minimum absolute atomic E-state index is 0.104. The van der Waals surface area contributed by atoms with Gasteiger partial charge in [0.25, 0.3) is 0 Å². The highest BCUT2D eigenvalue weighted by atomic mass is 16.4. The molecule has 1 aliphatic rings. The topological polar surface area (TPSA) is 40.5 Å². The maximum atomic E-state index is 10.9. The van der Waals surface area contributed by atoms with Crippen LogP contribution in [0.4, 0.5) is 5.69 Å². The summed E-state index contributed by atoms with van der Waals surface area (Å²) in [6.45, 7) is 0. The van der Waals surface area contributed by atoms with Crippen LogP contribution < -0.4 is 4.90 Å². The van der Waals surface area contributed by atoms with Crippen LogP contribution in [0.3, 0.4) is 0 Å². The Morgan fingerprint density at radius 2 is 2.00 bits per heavy atom. The predicted octanol–water partition coefficient (Wildman–Crippen LogP) is 2.26. The monoisotopic (exact) mass is 219 g/mol. The van der Waals surface area contributed by atoms with E-state index in [9.17, 15) is 4.79 Å². The highest BCUT2D eigenvalue weighted by Gasteiger charge is 2.47. The molecule has 0 heterocycles. The quantitative estimate of drug-likeness (QED) is 0.844. The van der Waals surface area contributed by atoms with E-state index in [1.807, 2.05) is 26.2 Å². The Morgan fingerprint density at radius 3 is 2.50 bits per heavy atom. The van der Waals surface area contributed by atoms with Crippen molar-refractivity contribution in [3.05, 3.63) is 29.8 Å². The second-order valence-electron chi connectivity index (χ2n) is 4.76. The van der Waals surface area contributed by atoms with Gasteiger partial charge in [-0.05, 0) is 24.5 Å². The van der Waals surface area contributed by atoms with Crippen LogP contribution in [-0.2, 0) is 10.2 Å². The number of carboxylic acid groups (broad SMARTS) is 1. The number of rotatable bonds is 4. The molecule has 86 valence electrons. The van der Waals surface area contributed by atoms with Gasteiger partial charge in [0.05, 0.1) is 6.42 Å². The molecule has 16 heavy (non-hydrogen) atoms. The summed E-state index contributed by atoms with van der Waals surface area (Å²) < 4.78 is 0. The standard InChI is InChI=1S/C13H17NO2/c1-14(2)11-6-4-3-5-10(11)13(7-8-13)9-12(15)16/h3-6H,7-9H2,1-2H3,(H,15,16). The number of benzene rings is 1. The average Bonchev–Trinajstić information content (AvgIpc) is 2.98. The number of aliphatic carboxylic acids is 1. The fourth-order valence-electron chi connectivity index (χ4n) is 2.29. The van der Waals surface area contributed by atoms with Crippen molar-refractivity contribution in [1.82, 2.24) is 0 Å². The van der Waals surface area contributed by atoms with Crippen molar-refractivity contribution < 1.29 is 9.90 Å². The Morgan fingerprint density at radius 1 is 1.38 bits per heavy atom. The summed E-state index contributed by atoms with van der Waals surface area (Å²) in [5.41, 5.74) is 2.22. The molecule has 2 rings (SSSR count). The van der Waals surface area contributed by atoms with Crippen LogP contribution >= 0.6 is 0 Å². The van der Waals surface area contributed by atoms with E-state index in [1.54, 1.807) is 0 Å². The summed E-state index contributed by atoms with van der Waals surface area (Å²) in [5.74, 6) is -0.703. The van der Waals surface area contributed by atoms with Gasteiger partial charge in [-0.25, -0.2) is 0 Å². The molecule has 1 aromatic carbocycles. The molecule has 3 nitrogen and oxygen atoms in total. The first-order valence-electron chi connectivity index (χ1n) is 5.54. The highest BCUT2D eigenvalue weighted by molar-refractivity contribution is 5.72. The maximum Gasteiger partial charge on any atom is 0.304 e. The first kappa shape index (κ1) is 11.0. The number of carboxylic acids is 1. The van der Waals surface area contributed by atoms with Gasteiger partial charge in [0.15, 0.2) is 0 Å². The van der Waals surface area contributed by atoms with E-state index in [0.29, 0.717) is 0 Å². The van der Waals surface area contributed by atoms with Crippen LogP contribution in [0.25, 0.3) is 0 Å². The molecule has 1 aromatic rings. The predicted molar refractivity (Wildman–Crippen MR) is 63.9 cm³/mol. The van der Waals surface area contributed by atoms with Crippen LogP contribution in [0.15, 0.2) is 24.3 Å². The Bertz CT molecular complexity index is 408. The van der Waals surface area contributed by atoms with Gasteiger partial charge in [0.1, 0.15) is 0 Å². The number of carbonyl (C=O) groups is 1. The second-order valence-corrected chi connectivity index (χ2v) is 4.76. The van der Waals surface area contributed by atoms with Crippen molar-refractivity contribution in [3.63, 3.8) is 0 Å². The molecular formula is C13H17NO2. The molecule has 0 radical (unpaired) electrons. The lowest BCUT2D eigenvalue weighted by atomic mass is 9.90. The normalized spacial score (nSPS) is 16.9. The molecule has 0 saturated heterocycles. The third-order valence-corrected chi connectivity index (χ3v) is 3.30. The average molecular weight is 219 g/mol.